The molecular formula is C34H38F3N7O4. The second-order valence-corrected chi connectivity index (χ2v) is 11.9. The number of carbonyl (C=O) groups is 1. The second-order valence-electron chi connectivity index (χ2n) is 11.9. The number of alkyl halides is 3. The van der Waals surface area contributed by atoms with Crippen LogP contribution in [0, 0.1) is 0 Å². The molecule has 3 aromatic carbocycles. The van der Waals surface area contributed by atoms with Crippen LogP contribution in [0.2, 0.25) is 0 Å². The molecule has 6 rings (SSSR count). The van der Waals surface area contributed by atoms with Gasteiger partial charge in [0.25, 0.3) is 5.82 Å². The molecule has 14 heteroatoms. The van der Waals surface area contributed by atoms with E-state index in [0.717, 1.165) is 0 Å². The van der Waals surface area contributed by atoms with Crippen molar-refractivity contribution in [3.63, 3.8) is 0 Å². The van der Waals surface area contributed by atoms with Gasteiger partial charge in [-0.25, -0.2) is 0 Å². The Hall–Kier alpha value is -4.53. The molecule has 0 spiro atoms. The molecule has 0 unspecified atom stereocenters. The first-order valence-electron chi connectivity index (χ1n) is 15.7. The van der Waals surface area contributed by atoms with E-state index >= 15 is 0 Å². The molecule has 11 nitrogen and oxygen atoms in total. The Balaban J connectivity index is 1.41. The molecule has 4 aromatic rings. The molecule has 0 N–H and O–H groups in total. The average Bonchev–Trinajstić information content (AvgIpc) is 3.60. The van der Waals surface area contributed by atoms with Crippen LogP contribution in [-0.4, -0.2) is 114 Å². The zero-order valence-corrected chi connectivity index (χ0v) is 27.0. The Bertz CT molecular complexity index is 1650. The molecule has 2 saturated heterocycles. The van der Waals surface area contributed by atoms with E-state index in [9.17, 15) is 18.0 Å². The van der Waals surface area contributed by atoms with Gasteiger partial charge < -0.3 is 19.1 Å². The van der Waals surface area contributed by atoms with Gasteiger partial charge in [0.05, 0.1) is 19.8 Å². The van der Waals surface area contributed by atoms with Crippen LogP contribution in [0.25, 0.3) is 5.69 Å². The van der Waals surface area contributed by atoms with Gasteiger partial charge in [-0.05, 0) is 33.7 Å². The van der Waals surface area contributed by atoms with Crippen molar-refractivity contribution >= 4 is 5.91 Å². The number of hydrogen-bond donors (Lipinski definition) is 0. The van der Waals surface area contributed by atoms with Crippen LogP contribution < -0.4 is 9.47 Å². The summed E-state index contributed by atoms with van der Waals surface area (Å²) in [7, 11) is 4.43. The Morgan fingerprint density at radius 3 is 2.19 bits per heavy atom. The minimum atomic E-state index is -4.78. The number of amides is 1. The predicted molar refractivity (Wildman–Crippen MR) is 170 cm³/mol. The van der Waals surface area contributed by atoms with Crippen molar-refractivity contribution in [2.24, 2.45) is 0 Å². The molecule has 0 bridgehead atoms. The number of tetrazole rings is 1. The fourth-order valence-corrected chi connectivity index (χ4v) is 7.12. The van der Waals surface area contributed by atoms with E-state index in [1.165, 1.54) is 38.5 Å². The molecule has 48 heavy (non-hydrogen) atoms. The van der Waals surface area contributed by atoms with Crippen molar-refractivity contribution in [3.8, 4) is 17.2 Å². The molecule has 1 aromatic heterocycles. The Morgan fingerprint density at radius 2 is 1.58 bits per heavy atom. The van der Waals surface area contributed by atoms with Crippen LogP contribution in [0.1, 0.15) is 28.4 Å². The highest BCUT2D eigenvalue weighted by Crippen LogP contribution is 2.40. The van der Waals surface area contributed by atoms with Crippen LogP contribution >= 0.6 is 0 Å². The summed E-state index contributed by atoms with van der Waals surface area (Å²) in [5.74, 6) is -0.688. The number of aromatic nitrogens is 4. The van der Waals surface area contributed by atoms with Crippen molar-refractivity contribution in [3.05, 3.63) is 95.3 Å². The Labute approximate surface area is 276 Å². The number of rotatable bonds is 10. The van der Waals surface area contributed by atoms with Crippen molar-refractivity contribution in [2.45, 2.75) is 30.7 Å². The lowest BCUT2D eigenvalue weighted by molar-refractivity contribution is -0.146. The molecule has 3 heterocycles. The lowest BCUT2D eigenvalue weighted by Gasteiger charge is -2.53. The van der Waals surface area contributed by atoms with Gasteiger partial charge in [-0.15, -0.1) is 5.10 Å². The van der Waals surface area contributed by atoms with E-state index in [0.29, 0.717) is 55.3 Å². The highest BCUT2D eigenvalue weighted by molar-refractivity contribution is 5.77. The van der Waals surface area contributed by atoms with Crippen molar-refractivity contribution in [1.29, 1.82) is 0 Å². The number of ether oxygens (including phenoxy) is 3. The highest BCUT2D eigenvalue weighted by Gasteiger charge is 2.44. The number of fused-ring (bicyclic) bond motifs is 1. The van der Waals surface area contributed by atoms with Crippen molar-refractivity contribution < 1.29 is 32.2 Å². The molecule has 254 valence electrons. The Morgan fingerprint density at radius 1 is 0.896 bits per heavy atom. The molecule has 2 atom stereocenters. The van der Waals surface area contributed by atoms with Crippen LogP contribution in [0.4, 0.5) is 13.2 Å². The van der Waals surface area contributed by atoms with Gasteiger partial charge in [0, 0.05) is 64.4 Å². The molecule has 2 fully saturated rings. The number of piperazine rings is 2. The number of carbonyl (C=O) groups excluding carboxylic acids is 1. The summed E-state index contributed by atoms with van der Waals surface area (Å²) in [6.45, 7) is 3.32. The highest BCUT2D eigenvalue weighted by atomic mass is 19.4. The SMILES string of the molecule is COCC(=O)N1CCN2[C@H](CN(Cc3c(OC)ccc(-n4nnnc4C(F)(F)F)c3OC)C[C@H]2C(c2ccccc2)c2ccccc2)C1. The summed E-state index contributed by atoms with van der Waals surface area (Å²) in [5, 5.41) is 10.2. The maximum Gasteiger partial charge on any atom is 0.453 e. The standard InChI is InChI=1S/C34H38F3N7O4/c1-46-22-30(45)42-16-17-43-25(19-42)18-41(21-28(43)31(23-10-6-4-7-11-23)24-12-8-5-9-13-24)20-26-29(47-2)15-14-27(32(26)48-3)44-33(34(35,36)37)38-39-40-44/h4-15,25,28,31H,16-22H2,1-3H3/t25-,28+/m1/s1. The average molecular weight is 666 g/mol. The summed E-state index contributed by atoms with van der Waals surface area (Å²) in [6, 6.07) is 23.8. The third kappa shape index (κ3) is 6.73. The van der Waals surface area contributed by atoms with Crippen LogP contribution in [-0.2, 0) is 22.3 Å². The van der Waals surface area contributed by atoms with Crippen LogP contribution in [0.15, 0.2) is 72.8 Å². The molecule has 0 aliphatic carbocycles. The molecular weight excluding hydrogens is 627 g/mol. The summed E-state index contributed by atoms with van der Waals surface area (Å²) < 4.78 is 58.8. The summed E-state index contributed by atoms with van der Waals surface area (Å²) in [4.78, 5) is 19.6. The maximum atomic E-state index is 13.8. The number of halogens is 3. The fraction of sp³-hybridized carbons (Fsp3) is 0.412. The minimum Gasteiger partial charge on any atom is -0.496 e. The summed E-state index contributed by atoms with van der Waals surface area (Å²) in [6.07, 6.45) is -4.78. The molecule has 2 aliphatic rings. The van der Waals surface area contributed by atoms with Gasteiger partial charge in [0.1, 0.15) is 18.0 Å². The van der Waals surface area contributed by atoms with E-state index in [2.05, 4.69) is 49.6 Å². The van der Waals surface area contributed by atoms with E-state index in [4.69, 9.17) is 14.2 Å². The minimum absolute atomic E-state index is 0.00428. The van der Waals surface area contributed by atoms with E-state index in [1.807, 2.05) is 41.3 Å². The molecule has 0 saturated carbocycles. The fourth-order valence-electron chi connectivity index (χ4n) is 7.12. The van der Waals surface area contributed by atoms with Gasteiger partial charge in [-0.2, -0.15) is 17.9 Å². The smallest absolute Gasteiger partial charge is 0.453 e. The number of benzene rings is 3. The quantitative estimate of drug-likeness (QED) is 0.250. The summed E-state index contributed by atoms with van der Waals surface area (Å²) in [5.41, 5.74) is 2.94. The molecule has 0 radical (unpaired) electrons. The van der Waals surface area contributed by atoms with Crippen LogP contribution in [0.5, 0.6) is 11.5 Å². The lowest BCUT2D eigenvalue weighted by atomic mass is 9.81. The van der Waals surface area contributed by atoms with Gasteiger partial charge in [-0.3, -0.25) is 14.6 Å². The molecule has 1 amide bonds. The first kappa shape index (κ1) is 33.4. The zero-order valence-electron chi connectivity index (χ0n) is 27.0. The first-order chi connectivity index (χ1) is 23.2. The van der Waals surface area contributed by atoms with Gasteiger partial charge in [0.2, 0.25) is 5.91 Å². The first-order valence-corrected chi connectivity index (χ1v) is 15.7. The predicted octanol–water partition coefficient (Wildman–Crippen LogP) is 3.87. The van der Waals surface area contributed by atoms with E-state index in [-0.39, 0.29) is 42.0 Å². The normalized spacial score (nSPS) is 18.9. The molecule has 2 aliphatic heterocycles. The largest absolute Gasteiger partial charge is 0.496 e. The van der Waals surface area contributed by atoms with Crippen molar-refractivity contribution in [1.82, 2.24) is 34.9 Å². The number of hydrogen-bond acceptors (Lipinski definition) is 9. The van der Waals surface area contributed by atoms with E-state index in [1.54, 1.807) is 6.07 Å². The lowest BCUT2D eigenvalue weighted by Crippen LogP contribution is -2.67. The van der Waals surface area contributed by atoms with Crippen LogP contribution in [0.3, 0.4) is 0 Å². The third-order valence-corrected chi connectivity index (χ3v) is 9.14. The Kier molecular flexibility index (Phi) is 9.94. The number of nitrogens with zero attached hydrogens (tertiary/aromatic N) is 7. The number of methoxy groups -OCH3 is 3. The van der Waals surface area contributed by atoms with Gasteiger partial charge >= 0.3 is 6.18 Å². The van der Waals surface area contributed by atoms with E-state index < -0.39 is 12.0 Å². The maximum absolute atomic E-state index is 13.8. The van der Waals surface area contributed by atoms with Gasteiger partial charge in [-0.1, -0.05) is 60.7 Å². The van der Waals surface area contributed by atoms with Gasteiger partial charge in [0.15, 0.2) is 5.75 Å². The third-order valence-electron chi connectivity index (χ3n) is 9.14. The zero-order chi connectivity index (χ0) is 33.8. The second kappa shape index (κ2) is 14.3. The topological polar surface area (TPSA) is 98.1 Å². The summed E-state index contributed by atoms with van der Waals surface area (Å²) >= 11 is 0. The van der Waals surface area contributed by atoms with Crippen molar-refractivity contribution in [2.75, 3.05) is 60.7 Å². The monoisotopic (exact) mass is 665 g/mol.